The molecule has 0 saturated heterocycles. The van der Waals surface area contributed by atoms with Crippen molar-refractivity contribution in [2.75, 3.05) is 6.54 Å². The van der Waals surface area contributed by atoms with Gasteiger partial charge in [-0.1, -0.05) is 17.3 Å². The van der Waals surface area contributed by atoms with Gasteiger partial charge in [-0.2, -0.15) is 4.98 Å². The summed E-state index contributed by atoms with van der Waals surface area (Å²) in [6, 6.07) is 8.07. The Kier molecular flexibility index (Phi) is 4.07. The fourth-order valence-electron chi connectivity index (χ4n) is 1.71. The van der Waals surface area contributed by atoms with E-state index in [1.807, 2.05) is 24.3 Å². The fraction of sp³-hybridized carbons (Fsp3) is 0.385. The molecule has 5 heteroatoms. The number of hydrogen-bond donors (Lipinski definition) is 2. The van der Waals surface area contributed by atoms with Crippen LogP contribution in [0.2, 0.25) is 0 Å². The third-order valence-electron chi connectivity index (χ3n) is 2.71. The second-order valence-electron chi connectivity index (χ2n) is 4.35. The summed E-state index contributed by atoms with van der Waals surface area (Å²) >= 11 is 0. The Labute approximate surface area is 106 Å². The Balaban J connectivity index is 2.12. The van der Waals surface area contributed by atoms with E-state index < -0.39 is 0 Å². The van der Waals surface area contributed by atoms with Crippen LogP contribution in [-0.4, -0.2) is 27.9 Å². The molecule has 0 aliphatic carbocycles. The Hall–Kier alpha value is -1.72. The van der Waals surface area contributed by atoms with Gasteiger partial charge in [-0.3, -0.25) is 0 Å². The summed E-state index contributed by atoms with van der Waals surface area (Å²) in [5, 5.41) is 16.1. The van der Waals surface area contributed by atoms with Crippen molar-refractivity contribution in [1.82, 2.24) is 15.5 Å². The van der Waals surface area contributed by atoms with Gasteiger partial charge in [-0.15, -0.1) is 0 Å². The zero-order chi connectivity index (χ0) is 13.0. The molecule has 0 amide bonds. The van der Waals surface area contributed by atoms with E-state index in [4.69, 9.17) is 4.52 Å². The van der Waals surface area contributed by atoms with Crippen molar-refractivity contribution in [3.8, 4) is 11.5 Å². The van der Waals surface area contributed by atoms with Gasteiger partial charge in [0.1, 0.15) is 0 Å². The van der Waals surface area contributed by atoms with E-state index in [1.54, 1.807) is 6.92 Å². The van der Waals surface area contributed by atoms with Crippen molar-refractivity contribution in [1.29, 1.82) is 0 Å². The van der Waals surface area contributed by atoms with Gasteiger partial charge in [0.15, 0.2) is 6.33 Å². The van der Waals surface area contributed by atoms with Gasteiger partial charge >= 0.3 is 0 Å². The fourth-order valence-corrected chi connectivity index (χ4v) is 1.71. The molecule has 2 rings (SSSR count). The molecule has 18 heavy (non-hydrogen) atoms. The largest absolute Gasteiger partial charge is 0.392 e. The molecule has 0 fully saturated rings. The predicted molar refractivity (Wildman–Crippen MR) is 67.8 cm³/mol. The number of benzene rings is 1. The highest BCUT2D eigenvalue weighted by Gasteiger charge is 2.09. The van der Waals surface area contributed by atoms with E-state index in [1.165, 1.54) is 6.33 Å². The van der Waals surface area contributed by atoms with E-state index >= 15 is 0 Å². The zero-order valence-corrected chi connectivity index (χ0v) is 10.5. The van der Waals surface area contributed by atoms with Crippen LogP contribution in [0.3, 0.4) is 0 Å². The van der Waals surface area contributed by atoms with Crippen molar-refractivity contribution < 1.29 is 9.63 Å². The summed E-state index contributed by atoms with van der Waals surface area (Å²) in [6.45, 7) is 4.37. The summed E-state index contributed by atoms with van der Waals surface area (Å²) < 4.78 is 5.03. The van der Waals surface area contributed by atoms with Crippen LogP contribution in [0.4, 0.5) is 0 Å². The molecule has 0 aliphatic heterocycles. The molecule has 0 bridgehead atoms. The van der Waals surface area contributed by atoms with Crippen LogP contribution in [0.1, 0.15) is 25.5 Å². The molecule has 0 radical (unpaired) electrons. The number of hydrogen-bond acceptors (Lipinski definition) is 5. The summed E-state index contributed by atoms with van der Waals surface area (Å²) in [5.41, 5.74) is 2.02. The minimum absolute atomic E-state index is 0.155. The van der Waals surface area contributed by atoms with Gasteiger partial charge in [-0.05, 0) is 31.5 Å². The maximum atomic E-state index is 9.26. The average Bonchev–Trinajstić information content (AvgIpc) is 2.90. The van der Waals surface area contributed by atoms with Gasteiger partial charge in [0, 0.05) is 18.2 Å². The van der Waals surface area contributed by atoms with Gasteiger partial charge in [0.25, 0.3) is 5.89 Å². The SMILES string of the molecule is CC(NC[C@H](C)O)c1cccc(-c2ncno2)c1. The topological polar surface area (TPSA) is 71.2 Å². The van der Waals surface area contributed by atoms with Crippen LogP contribution in [0, 0.1) is 0 Å². The van der Waals surface area contributed by atoms with Crippen molar-refractivity contribution in [2.45, 2.75) is 26.0 Å². The van der Waals surface area contributed by atoms with Gasteiger partial charge in [0.05, 0.1) is 6.10 Å². The third-order valence-corrected chi connectivity index (χ3v) is 2.71. The monoisotopic (exact) mass is 247 g/mol. The number of aromatic nitrogens is 2. The van der Waals surface area contributed by atoms with E-state index in [-0.39, 0.29) is 12.1 Å². The Morgan fingerprint density at radius 2 is 2.22 bits per heavy atom. The van der Waals surface area contributed by atoms with E-state index in [0.717, 1.165) is 11.1 Å². The number of aliphatic hydroxyl groups is 1. The van der Waals surface area contributed by atoms with Crippen molar-refractivity contribution in [2.24, 2.45) is 0 Å². The minimum Gasteiger partial charge on any atom is -0.392 e. The highest BCUT2D eigenvalue weighted by Crippen LogP contribution is 2.21. The Bertz CT molecular complexity index is 483. The molecule has 0 spiro atoms. The normalized spacial score (nSPS) is 14.4. The average molecular weight is 247 g/mol. The molecular formula is C13H17N3O2. The zero-order valence-electron chi connectivity index (χ0n) is 10.5. The number of aliphatic hydroxyl groups excluding tert-OH is 1. The van der Waals surface area contributed by atoms with Crippen LogP contribution in [0.25, 0.3) is 11.5 Å². The summed E-state index contributed by atoms with van der Waals surface area (Å²) in [4.78, 5) is 4.02. The molecule has 0 saturated carbocycles. The van der Waals surface area contributed by atoms with E-state index in [0.29, 0.717) is 12.4 Å². The quantitative estimate of drug-likeness (QED) is 0.842. The first kappa shape index (κ1) is 12.7. The molecule has 2 aromatic rings. The highest BCUT2D eigenvalue weighted by atomic mass is 16.5. The van der Waals surface area contributed by atoms with Gasteiger partial charge < -0.3 is 14.9 Å². The van der Waals surface area contributed by atoms with Crippen LogP contribution in [0.5, 0.6) is 0 Å². The standard InChI is InChI=1S/C13H17N3O2/c1-9(17)7-14-10(2)11-4-3-5-12(6-11)13-15-8-16-18-13/h3-6,8-10,14,17H,7H2,1-2H3/t9-,10?/m0/s1. The van der Waals surface area contributed by atoms with E-state index in [9.17, 15) is 5.11 Å². The molecule has 0 aliphatic rings. The minimum atomic E-state index is -0.355. The van der Waals surface area contributed by atoms with Crippen LogP contribution < -0.4 is 5.32 Å². The first-order valence-corrected chi connectivity index (χ1v) is 5.95. The molecule has 96 valence electrons. The molecule has 2 N–H and O–H groups in total. The lowest BCUT2D eigenvalue weighted by Crippen LogP contribution is -2.27. The Morgan fingerprint density at radius 3 is 2.89 bits per heavy atom. The maximum Gasteiger partial charge on any atom is 0.257 e. The molecule has 2 atom stereocenters. The Morgan fingerprint density at radius 1 is 1.39 bits per heavy atom. The summed E-state index contributed by atoms with van der Waals surface area (Å²) in [7, 11) is 0. The molecule has 1 unspecified atom stereocenters. The highest BCUT2D eigenvalue weighted by molar-refractivity contribution is 5.54. The molecule has 1 aromatic heterocycles. The van der Waals surface area contributed by atoms with Crippen molar-refractivity contribution in [3.05, 3.63) is 36.2 Å². The number of nitrogens with one attached hydrogen (secondary N) is 1. The molecular weight excluding hydrogens is 230 g/mol. The van der Waals surface area contributed by atoms with Gasteiger partial charge in [-0.25, -0.2) is 0 Å². The summed E-state index contributed by atoms with van der Waals surface area (Å²) in [6.07, 6.45) is 1.03. The summed E-state index contributed by atoms with van der Waals surface area (Å²) in [5.74, 6) is 0.513. The van der Waals surface area contributed by atoms with Crippen molar-refractivity contribution in [3.63, 3.8) is 0 Å². The number of rotatable bonds is 5. The van der Waals surface area contributed by atoms with Crippen LogP contribution in [-0.2, 0) is 0 Å². The third kappa shape index (κ3) is 3.15. The molecule has 1 heterocycles. The maximum absolute atomic E-state index is 9.26. The lowest BCUT2D eigenvalue weighted by atomic mass is 10.0. The first-order valence-electron chi connectivity index (χ1n) is 5.95. The van der Waals surface area contributed by atoms with Gasteiger partial charge in [0.2, 0.25) is 0 Å². The first-order chi connectivity index (χ1) is 8.66. The van der Waals surface area contributed by atoms with Crippen LogP contribution in [0.15, 0.2) is 35.1 Å². The predicted octanol–water partition coefficient (Wildman–Crippen LogP) is 1.77. The molecule has 5 nitrogen and oxygen atoms in total. The van der Waals surface area contributed by atoms with Crippen molar-refractivity contribution >= 4 is 0 Å². The lowest BCUT2D eigenvalue weighted by molar-refractivity contribution is 0.187. The smallest absolute Gasteiger partial charge is 0.257 e. The lowest BCUT2D eigenvalue weighted by Gasteiger charge is -2.15. The van der Waals surface area contributed by atoms with Crippen LogP contribution >= 0.6 is 0 Å². The van der Waals surface area contributed by atoms with E-state index in [2.05, 4.69) is 22.4 Å². The second-order valence-corrected chi connectivity index (χ2v) is 4.35. The number of nitrogens with zero attached hydrogens (tertiary/aromatic N) is 2. The second kappa shape index (κ2) is 5.75. The molecule has 1 aromatic carbocycles.